The van der Waals surface area contributed by atoms with E-state index in [1.807, 2.05) is 24.3 Å². The Hall–Kier alpha value is -2.95. The van der Waals surface area contributed by atoms with Crippen molar-refractivity contribution in [3.63, 3.8) is 0 Å². The van der Waals surface area contributed by atoms with Crippen LogP contribution in [0.4, 0.5) is 0 Å². The molecule has 3 rings (SSSR count). The van der Waals surface area contributed by atoms with Crippen LogP contribution in [0, 0.1) is 11.5 Å². The van der Waals surface area contributed by atoms with Gasteiger partial charge in [-0.2, -0.15) is 10.3 Å². The predicted octanol–water partition coefficient (Wildman–Crippen LogP) is 2.50. The number of aliphatic hydroxyl groups excluding tert-OH is 1. The number of hydrogen-bond donors (Lipinski definition) is 3. The fourth-order valence-corrected chi connectivity index (χ4v) is 3.33. The van der Waals surface area contributed by atoms with Crippen molar-refractivity contribution in [2.75, 3.05) is 6.54 Å². The zero-order valence-corrected chi connectivity index (χ0v) is 15.7. The Morgan fingerprint density at radius 2 is 2.11 bits per heavy atom. The summed E-state index contributed by atoms with van der Waals surface area (Å²) >= 11 is 0. The normalized spacial score (nSPS) is 19.8. The predicted molar refractivity (Wildman–Crippen MR) is 107 cm³/mol. The number of aliphatic hydroxyl groups is 1. The van der Waals surface area contributed by atoms with Crippen LogP contribution in [-0.4, -0.2) is 34.6 Å². The molecule has 146 valence electrons. The topological polar surface area (TPSA) is 117 Å². The molecular formula is C21H25N5O2. The zero-order chi connectivity index (χ0) is 19.8. The Morgan fingerprint density at radius 1 is 1.29 bits per heavy atom. The van der Waals surface area contributed by atoms with Crippen molar-refractivity contribution < 1.29 is 9.84 Å². The molecule has 7 nitrogen and oxygen atoms in total. The van der Waals surface area contributed by atoms with Crippen LogP contribution in [0.1, 0.15) is 36.8 Å². The third-order valence-corrected chi connectivity index (χ3v) is 4.84. The van der Waals surface area contributed by atoms with Gasteiger partial charge < -0.3 is 20.9 Å². The highest BCUT2D eigenvalue weighted by molar-refractivity contribution is 5.97. The third-order valence-electron chi connectivity index (χ3n) is 4.84. The number of benzene rings is 1. The molecule has 1 heterocycles. The number of amidine groups is 1. The maximum atomic E-state index is 9.73. The summed E-state index contributed by atoms with van der Waals surface area (Å²) in [5.74, 6) is 1.27. The number of hydrogen-bond acceptors (Lipinski definition) is 6. The largest absolute Gasteiger partial charge is 0.439 e. The molecule has 7 heteroatoms. The van der Waals surface area contributed by atoms with E-state index in [2.05, 4.69) is 15.3 Å². The molecule has 1 aliphatic carbocycles. The first-order chi connectivity index (χ1) is 13.6. The van der Waals surface area contributed by atoms with Gasteiger partial charge in [0.1, 0.15) is 11.6 Å². The van der Waals surface area contributed by atoms with E-state index in [4.69, 9.17) is 15.7 Å². The SMILES string of the molecule is N#C/N=C(\N)c1ccc(Oc2ccc(CCNC3CCCC(O)C3)cc2)nc1. The van der Waals surface area contributed by atoms with Gasteiger partial charge in [0, 0.05) is 23.9 Å². The summed E-state index contributed by atoms with van der Waals surface area (Å²) < 4.78 is 5.74. The van der Waals surface area contributed by atoms with Crippen LogP contribution >= 0.6 is 0 Å². The molecule has 0 bridgehead atoms. The molecule has 0 saturated heterocycles. The van der Waals surface area contributed by atoms with Gasteiger partial charge in [-0.25, -0.2) is 4.98 Å². The van der Waals surface area contributed by atoms with E-state index in [9.17, 15) is 5.11 Å². The highest BCUT2D eigenvalue weighted by Crippen LogP contribution is 2.21. The van der Waals surface area contributed by atoms with Crippen LogP contribution in [-0.2, 0) is 6.42 Å². The van der Waals surface area contributed by atoms with Crippen LogP contribution in [0.15, 0.2) is 47.6 Å². The number of nitrogens with two attached hydrogens (primary N) is 1. The van der Waals surface area contributed by atoms with E-state index in [0.717, 1.165) is 38.6 Å². The van der Waals surface area contributed by atoms with Gasteiger partial charge in [0.05, 0.1) is 6.10 Å². The Morgan fingerprint density at radius 3 is 2.79 bits per heavy atom. The van der Waals surface area contributed by atoms with Crippen molar-refractivity contribution in [1.29, 1.82) is 5.26 Å². The zero-order valence-electron chi connectivity index (χ0n) is 15.7. The van der Waals surface area contributed by atoms with Gasteiger partial charge in [-0.1, -0.05) is 12.1 Å². The minimum absolute atomic E-state index is 0.127. The molecule has 1 fully saturated rings. The van der Waals surface area contributed by atoms with E-state index in [0.29, 0.717) is 23.2 Å². The average Bonchev–Trinajstić information content (AvgIpc) is 2.70. The Labute approximate surface area is 164 Å². The smallest absolute Gasteiger partial charge is 0.219 e. The second-order valence-corrected chi connectivity index (χ2v) is 6.95. The number of rotatable bonds is 7. The van der Waals surface area contributed by atoms with Crippen LogP contribution in [0.2, 0.25) is 0 Å². The van der Waals surface area contributed by atoms with Crippen molar-refractivity contribution in [2.45, 2.75) is 44.2 Å². The van der Waals surface area contributed by atoms with Crippen molar-refractivity contribution in [3.05, 3.63) is 53.7 Å². The summed E-state index contributed by atoms with van der Waals surface area (Å²) in [5, 5.41) is 21.8. The molecule has 0 aliphatic heterocycles. The molecule has 1 aromatic carbocycles. The number of ether oxygens (including phenoxy) is 1. The number of nitriles is 1. The molecule has 2 unspecified atom stereocenters. The second kappa shape index (κ2) is 9.83. The summed E-state index contributed by atoms with van der Waals surface area (Å²) in [5.41, 5.74) is 7.44. The summed E-state index contributed by atoms with van der Waals surface area (Å²) in [6, 6.07) is 11.7. The number of aliphatic imine (C=N–C) groups is 1. The molecule has 1 aliphatic rings. The average molecular weight is 379 g/mol. The first kappa shape index (κ1) is 19.8. The third kappa shape index (κ3) is 5.78. The van der Waals surface area contributed by atoms with Crippen LogP contribution in [0.25, 0.3) is 0 Å². The number of pyridine rings is 1. The van der Waals surface area contributed by atoms with Gasteiger partial charge in [-0.15, -0.1) is 0 Å². The lowest BCUT2D eigenvalue weighted by atomic mass is 9.93. The van der Waals surface area contributed by atoms with Gasteiger partial charge in [0.2, 0.25) is 12.1 Å². The fraction of sp³-hybridized carbons (Fsp3) is 0.381. The van der Waals surface area contributed by atoms with Gasteiger partial charge >= 0.3 is 0 Å². The summed E-state index contributed by atoms with van der Waals surface area (Å²) in [6.45, 7) is 0.895. The molecular weight excluding hydrogens is 354 g/mol. The number of aromatic nitrogens is 1. The van der Waals surface area contributed by atoms with Gasteiger partial charge in [0.25, 0.3) is 0 Å². The first-order valence-corrected chi connectivity index (χ1v) is 9.51. The monoisotopic (exact) mass is 379 g/mol. The molecule has 2 aromatic rings. The van der Waals surface area contributed by atoms with E-state index < -0.39 is 0 Å². The van der Waals surface area contributed by atoms with E-state index >= 15 is 0 Å². The lowest BCUT2D eigenvalue weighted by Crippen LogP contribution is -2.37. The molecule has 28 heavy (non-hydrogen) atoms. The molecule has 1 aromatic heterocycles. The van der Waals surface area contributed by atoms with Crippen LogP contribution in [0.3, 0.4) is 0 Å². The lowest BCUT2D eigenvalue weighted by Gasteiger charge is -2.26. The molecule has 1 saturated carbocycles. The molecule has 0 spiro atoms. The highest BCUT2D eigenvalue weighted by Gasteiger charge is 2.19. The van der Waals surface area contributed by atoms with Crippen molar-refractivity contribution >= 4 is 5.84 Å². The molecule has 4 N–H and O–H groups in total. The maximum Gasteiger partial charge on any atom is 0.219 e. The summed E-state index contributed by atoms with van der Waals surface area (Å²) in [4.78, 5) is 7.66. The molecule has 0 radical (unpaired) electrons. The minimum atomic E-state index is -0.152. The van der Waals surface area contributed by atoms with Crippen molar-refractivity contribution in [2.24, 2.45) is 10.7 Å². The molecule has 2 atom stereocenters. The van der Waals surface area contributed by atoms with Gasteiger partial charge in [-0.05, 0) is 62.4 Å². The fourth-order valence-electron chi connectivity index (χ4n) is 3.33. The second-order valence-electron chi connectivity index (χ2n) is 6.95. The van der Waals surface area contributed by atoms with Crippen molar-refractivity contribution in [1.82, 2.24) is 10.3 Å². The van der Waals surface area contributed by atoms with E-state index in [1.165, 1.54) is 11.8 Å². The van der Waals surface area contributed by atoms with Gasteiger partial charge in [0.15, 0.2) is 0 Å². The Bertz CT molecular complexity index is 827. The number of nitrogens with one attached hydrogen (secondary N) is 1. The van der Waals surface area contributed by atoms with Crippen molar-refractivity contribution in [3.8, 4) is 17.8 Å². The van der Waals surface area contributed by atoms with E-state index in [-0.39, 0.29) is 11.9 Å². The standard InChI is InChI=1S/C21H25N5O2/c22-14-26-21(23)16-6-9-20(25-13-16)28-19-7-4-15(5-8-19)10-11-24-17-2-1-3-18(27)12-17/h4-9,13,17-18,24,27H,1-3,10-12H2,(H2,23,26). The summed E-state index contributed by atoms with van der Waals surface area (Å²) in [7, 11) is 0. The van der Waals surface area contributed by atoms with E-state index in [1.54, 1.807) is 18.3 Å². The quantitative estimate of drug-likeness (QED) is 0.387. The lowest BCUT2D eigenvalue weighted by molar-refractivity contribution is 0.112. The first-order valence-electron chi connectivity index (χ1n) is 9.51. The minimum Gasteiger partial charge on any atom is -0.439 e. The van der Waals surface area contributed by atoms with Crippen LogP contribution in [0.5, 0.6) is 11.6 Å². The number of nitrogens with zero attached hydrogens (tertiary/aromatic N) is 3. The van der Waals surface area contributed by atoms with Crippen LogP contribution < -0.4 is 15.8 Å². The van der Waals surface area contributed by atoms with Gasteiger partial charge in [-0.3, -0.25) is 0 Å². The maximum absolute atomic E-state index is 9.73. The Balaban J connectivity index is 1.47. The Kier molecular flexibility index (Phi) is 6.95. The molecule has 0 amide bonds. The summed E-state index contributed by atoms with van der Waals surface area (Å²) in [6.07, 6.45) is 7.97. The highest BCUT2D eigenvalue weighted by atomic mass is 16.5.